The lowest BCUT2D eigenvalue weighted by atomic mass is 10.2. The molecule has 0 fully saturated rings. The molecular formula is C10H14ClFN2. The third kappa shape index (κ3) is 3.25. The summed E-state index contributed by atoms with van der Waals surface area (Å²) in [5.74, 6) is -0.314. The van der Waals surface area contributed by atoms with E-state index in [2.05, 4.69) is 5.32 Å². The van der Waals surface area contributed by atoms with Crippen molar-refractivity contribution in [1.29, 1.82) is 0 Å². The Morgan fingerprint density at radius 3 is 2.86 bits per heavy atom. The van der Waals surface area contributed by atoms with Gasteiger partial charge in [-0.1, -0.05) is 17.7 Å². The summed E-state index contributed by atoms with van der Waals surface area (Å²) in [5.41, 5.74) is 6.33. The molecule has 0 heterocycles. The molecule has 0 aliphatic heterocycles. The minimum absolute atomic E-state index is 0.233. The molecule has 1 atom stereocenters. The molecular weight excluding hydrogens is 203 g/mol. The van der Waals surface area contributed by atoms with Crippen LogP contribution in [0.5, 0.6) is 0 Å². The van der Waals surface area contributed by atoms with Crippen LogP contribution in [-0.2, 0) is 6.54 Å². The first-order chi connectivity index (χ1) is 6.63. The molecule has 1 aromatic rings. The smallest absolute Gasteiger partial charge is 0.124 e. The van der Waals surface area contributed by atoms with E-state index in [0.717, 1.165) is 5.56 Å². The Hall–Kier alpha value is -0.640. The first-order valence-corrected chi connectivity index (χ1v) is 4.88. The second-order valence-corrected chi connectivity index (χ2v) is 3.66. The van der Waals surface area contributed by atoms with Gasteiger partial charge in [-0.2, -0.15) is 0 Å². The first-order valence-electron chi connectivity index (χ1n) is 4.51. The lowest BCUT2D eigenvalue weighted by Gasteiger charge is -2.11. The van der Waals surface area contributed by atoms with Crippen molar-refractivity contribution in [2.45, 2.75) is 19.5 Å². The molecule has 1 rings (SSSR count). The molecule has 0 saturated heterocycles. The van der Waals surface area contributed by atoms with Crippen molar-refractivity contribution < 1.29 is 4.39 Å². The van der Waals surface area contributed by atoms with E-state index in [1.165, 1.54) is 12.1 Å². The zero-order valence-corrected chi connectivity index (χ0v) is 8.81. The standard InChI is InChI=1S/C10H14ClFN2/c1-7(5-13)14-6-8-2-3-9(12)4-10(8)11/h2-4,7,14H,5-6,13H2,1H3. The molecule has 1 unspecified atom stereocenters. The van der Waals surface area contributed by atoms with Gasteiger partial charge in [0.25, 0.3) is 0 Å². The van der Waals surface area contributed by atoms with E-state index >= 15 is 0 Å². The van der Waals surface area contributed by atoms with Crippen molar-refractivity contribution in [2.24, 2.45) is 5.73 Å². The van der Waals surface area contributed by atoms with Gasteiger partial charge in [-0.15, -0.1) is 0 Å². The molecule has 0 amide bonds. The molecule has 4 heteroatoms. The minimum Gasteiger partial charge on any atom is -0.329 e. The van der Waals surface area contributed by atoms with Crippen LogP contribution >= 0.6 is 11.6 Å². The van der Waals surface area contributed by atoms with Gasteiger partial charge in [0.2, 0.25) is 0 Å². The largest absolute Gasteiger partial charge is 0.329 e. The van der Waals surface area contributed by atoms with Crippen molar-refractivity contribution in [1.82, 2.24) is 5.32 Å². The zero-order chi connectivity index (χ0) is 10.6. The highest BCUT2D eigenvalue weighted by Crippen LogP contribution is 2.16. The summed E-state index contributed by atoms with van der Waals surface area (Å²) in [4.78, 5) is 0. The van der Waals surface area contributed by atoms with Gasteiger partial charge >= 0.3 is 0 Å². The normalized spacial score (nSPS) is 12.9. The Kier molecular flexibility index (Phi) is 4.32. The van der Waals surface area contributed by atoms with Gasteiger partial charge in [-0.05, 0) is 24.6 Å². The van der Waals surface area contributed by atoms with Crippen LogP contribution in [0.3, 0.4) is 0 Å². The van der Waals surface area contributed by atoms with E-state index < -0.39 is 0 Å². The average Bonchev–Trinajstić information content (AvgIpc) is 2.16. The highest BCUT2D eigenvalue weighted by atomic mass is 35.5. The quantitative estimate of drug-likeness (QED) is 0.807. The minimum atomic E-state index is -0.314. The summed E-state index contributed by atoms with van der Waals surface area (Å²) in [5, 5.41) is 3.62. The maximum absolute atomic E-state index is 12.7. The molecule has 0 saturated carbocycles. The fourth-order valence-electron chi connectivity index (χ4n) is 1.03. The van der Waals surface area contributed by atoms with E-state index in [4.69, 9.17) is 17.3 Å². The Bertz CT molecular complexity index is 304. The number of benzene rings is 1. The summed E-state index contributed by atoms with van der Waals surface area (Å²) in [7, 11) is 0. The van der Waals surface area contributed by atoms with Crippen LogP contribution < -0.4 is 11.1 Å². The Morgan fingerprint density at radius 1 is 1.57 bits per heavy atom. The number of nitrogens with two attached hydrogens (primary N) is 1. The van der Waals surface area contributed by atoms with Crippen LogP contribution in [-0.4, -0.2) is 12.6 Å². The Labute approximate surface area is 88.2 Å². The molecule has 0 bridgehead atoms. The number of hydrogen-bond acceptors (Lipinski definition) is 2. The molecule has 0 aliphatic rings. The van der Waals surface area contributed by atoms with Gasteiger partial charge in [0.1, 0.15) is 5.82 Å². The maximum Gasteiger partial charge on any atom is 0.124 e. The molecule has 14 heavy (non-hydrogen) atoms. The van der Waals surface area contributed by atoms with E-state index in [1.54, 1.807) is 6.07 Å². The fraction of sp³-hybridized carbons (Fsp3) is 0.400. The lowest BCUT2D eigenvalue weighted by Crippen LogP contribution is -2.32. The average molecular weight is 217 g/mol. The fourth-order valence-corrected chi connectivity index (χ4v) is 1.27. The summed E-state index contributed by atoms with van der Waals surface area (Å²) >= 11 is 5.84. The van der Waals surface area contributed by atoms with Gasteiger partial charge < -0.3 is 11.1 Å². The third-order valence-electron chi connectivity index (χ3n) is 2.01. The predicted molar refractivity (Wildman–Crippen MR) is 56.8 cm³/mol. The molecule has 0 aromatic heterocycles. The predicted octanol–water partition coefficient (Wildman–Crippen LogP) is 1.92. The topological polar surface area (TPSA) is 38.0 Å². The number of hydrogen-bond donors (Lipinski definition) is 2. The molecule has 2 nitrogen and oxygen atoms in total. The highest BCUT2D eigenvalue weighted by Gasteiger charge is 2.03. The number of nitrogens with one attached hydrogen (secondary N) is 1. The van der Waals surface area contributed by atoms with E-state index in [9.17, 15) is 4.39 Å². The number of rotatable bonds is 4. The summed E-state index contributed by atoms with van der Waals surface area (Å²) in [6, 6.07) is 4.62. The molecule has 0 radical (unpaired) electrons. The Balaban J connectivity index is 2.59. The van der Waals surface area contributed by atoms with Crippen LogP contribution in [0.25, 0.3) is 0 Å². The highest BCUT2D eigenvalue weighted by molar-refractivity contribution is 6.31. The summed E-state index contributed by atoms with van der Waals surface area (Å²) < 4.78 is 12.7. The SMILES string of the molecule is CC(CN)NCc1ccc(F)cc1Cl. The summed E-state index contributed by atoms with van der Waals surface area (Å²) in [6.07, 6.45) is 0. The number of halogens is 2. The monoisotopic (exact) mass is 216 g/mol. The molecule has 3 N–H and O–H groups in total. The third-order valence-corrected chi connectivity index (χ3v) is 2.36. The van der Waals surface area contributed by atoms with Crippen LogP contribution in [0.15, 0.2) is 18.2 Å². The maximum atomic E-state index is 12.7. The van der Waals surface area contributed by atoms with Crippen LogP contribution in [0, 0.1) is 5.82 Å². The lowest BCUT2D eigenvalue weighted by molar-refractivity contribution is 0.555. The van der Waals surface area contributed by atoms with Crippen molar-refractivity contribution in [3.05, 3.63) is 34.6 Å². The molecule has 0 aliphatic carbocycles. The van der Waals surface area contributed by atoms with E-state index in [-0.39, 0.29) is 11.9 Å². The molecule has 0 spiro atoms. The second kappa shape index (κ2) is 5.29. The van der Waals surface area contributed by atoms with Gasteiger partial charge in [0.15, 0.2) is 0 Å². The first kappa shape index (κ1) is 11.4. The van der Waals surface area contributed by atoms with E-state index in [1.807, 2.05) is 6.92 Å². The Morgan fingerprint density at radius 2 is 2.29 bits per heavy atom. The summed E-state index contributed by atoms with van der Waals surface area (Å²) in [6.45, 7) is 3.16. The van der Waals surface area contributed by atoms with Gasteiger partial charge in [-0.25, -0.2) is 4.39 Å². The van der Waals surface area contributed by atoms with Gasteiger partial charge in [0.05, 0.1) is 0 Å². The van der Waals surface area contributed by atoms with E-state index in [0.29, 0.717) is 18.1 Å². The van der Waals surface area contributed by atoms with Crippen LogP contribution in [0.2, 0.25) is 5.02 Å². The second-order valence-electron chi connectivity index (χ2n) is 3.25. The van der Waals surface area contributed by atoms with Crippen molar-refractivity contribution in [2.75, 3.05) is 6.54 Å². The molecule has 78 valence electrons. The molecule has 1 aromatic carbocycles. The van der Waals surface area contributed by atoms with Crippen LogP contribution in [0.4, 0.5) is 4.39 Å². The van der Waals surface area contributed by atoms with Crippen molar-refractivity contribution in [3.8, 4) is 0 Å². The van der Waals surface area contributed by atoms with Crippen molar-refractivity contribution in [3.63, 3.8) is 0 Å². The van der Waals surface area contributed by atoms with Gasteiger partial charge in [0, 0.05) is 24.2 Å². The van der Waals surface area contributed by atoms with Gasteiger partial charge in [-0.3, -0.25) is 0 Å². The van der Waals surface area contributed by atoms with Crippen LogP contribution in [0.1, 0.15) is 12.5 Å². The van der Waals surface area contributed by atoms with Crippen molar-refractivity contribution >= 4 is 11.6 Å². The zero-order valence-electron chi connectivity index (χ0n) is 8.06.